The molecule has 0 aliphatic carbocycles. The van der Waals surface area contributed by atoms with Gasteiger partial charge in [0.1, 0.15) is 18.1 Å². The molecule has 3 rings (SSSR count). The summed E-state index contributed by atoms with van der Waals surface area (Å²) in [5.41, 5.74) is 6.00. The maximum Gasteiger partial charge on any atom is 0.304 e. The van der Waals surface area contributed by atoms with Gasteiger partial charge in [0.2, 0.25) is 0 Å². The van der Waals surface area contributed by atoms with Crippen molar-refractivity contribution in [2.45, 2.75) is 45.6 Å². The molecule has 1 atom stereocenters. The summed E-state index contributed by atoms with van der Waals surface area (Å²) in [5.74, 6) is 0.401. The molecule has 194 valence electrons. The van der Waals surface area contributed by atoms with Gasteiger partial charge in [0.25, 0.3) is 0 Å². The van der Waals surface area contributed by atoms with Crippen LogP contribution < -0.4 is 9.47 Å². The molecule has 0 spiro atoms. The highest BCUT2D eigenvalue weighted by molar-refractivity contribution is 5.71. The zero-order valence-electron chi connectivity index (χ0n) is 22.1. The highest BCUT2D eigenvalue weighted by Gasteiger charge is 2.21. The highest BCUT2D eigenvalue weighted by atomic mass is 16.5. The summed E-state index contributed by atoms with van der Waals surface area (Å²) in [7, 11) is 1.81. The highest BCUT2D eigenvalue weighted by Crippen LogP contribution is 2.32. The van der Waals surface area contributed by atoms with Crippen LogP contribution in [0.1, 0.15) is 48.8 Å². The Balaban J connectivity index is 1.67. The zero-order valence-corrected chi connectivity index (χ0v) is 22.1. The second-order valence-corrected chi connectivity index (χ2v) is 9.19. The van der Waals surface area contributed by atoms with Gasteiger partial charge in [-0.1, -0.05) is 74.5 Å². The van der Waals surface area contributed by atoms with Crippen LogP contribution in [-0.4, -0.2) is 29.6 Å². The van der Waals surface area contributed by atoms with E-state index in [0.717, 1.165) is 46.6 Å². The number of rotatable bonds is 14. The summed E-state index contributed by atoms with van der Waals surface area (Å²) in [6.45, 7) is 13.2. The SMILES string of the molecule is C=CN(C)C(=C)[C@@H](CC(=O)O)c1ccc(OCc2ccc(-c3cc(C)ccc3OCCCC)cc2)cc1. The Morgan fingerprint density at radius 3 is 2.38 bits per heavy atom. The van der Waals surface area contributed by atoms with Gasteiger partial charge in [-0.3, -0.25) is 4.79 Å². The van der Waals surface area contributed by atoms with Crippen LogP contribution in [-0.2, 0) is 11.4 Å². The van der Waals surface area contributed by atoms with E-state index >= 15 is 0 Å². The summed E-state index contributed by atoms with van der Waals surface area (Å²) in [6.07, 6.45) is 3.71. The summed E-state index contributed by atoms with van der Waals surface area (Å²) in [5, 5.41) is 9.37. The Kier molecular flexibility index (Phi) is 9.96. The summed E-state index contributed by atoms with van der Waals surface area (Å²) in [4.78, 5) is 13.2. The molecule has 0 saturated carbocycles. The average Bonchev–Trinajstić information content (AvgIpc) is 2.91. The van der Waals surface area contributed by atoms with Crippen LogP contribution >= 0.6 is 0 Å². The van der Waals surface area contributed by atoms with E-state index in [0.29, 0.717) is 18.9 Å². The van der Waals surface area contributed by atoms with Crippen LogP contribution in [0.3, 0.4) is 0 Å². The zero-order chi connectivity index (χ0) is 26.8. The van der Waals surface area contributed by atoms with E-state index in [9.17, 15) is 9.90 Å². The maximum atomic E-state index is 11.4. The number of allylic oxidation sites excluding steroid dienone is 1. The molecule has 0 aliphatic heterocycles. The van der Waals surface area contributed by atoms with E-state index in [1.54, 1.807) is 11.1 Å². The lowest BCUT2D eigenvalue weighted by Gasteiger charge is -2.25. The van der Waals surface area contributed by atoms with Gasteiger partial charge in [0.05, 0.1) is 13.0 Å². The molecule has 0 radical (unpaired) electrons. The molecule has 0 aliphatic rings. The van der Waals surface area contributed by atoms with Crippen molar-refractivity contribution in [2.24, 2.45) is 0 Å². The predicted molar refractivity (Wildman–Crippen MR) is 150 cm³/mol. The van der Waals surface area contributed by atoms with E-state index in [-0.39, 0.29) is 12.3 Å². The Hall–Kier alpha value is -3.99. The third kappa shape index (κ3) is 7.74. The number of aryl methyl sites for hydroxylation is 1. The molecule has 0 saturated heterocycles. The lowest BCUT2D eigenvalue weighted by Crippen LogP contribution is -2.18. The van der Waals surface area contributed by atoms with Gasteiger partial charge in [-0.25, -0.2) is 0 Å². The molecule has 0 unspecified atom stereocenters. The van der Waals surface area contributed by atoms with Gasteiger partial charge >= 0.3 is 5.97 Å². The number of carbonyl (C=O) groups is 1. The number of hydrogen-bond acceptors (Lipinski definition) is 4. The fraction of sp³-hybridized carbons (Fsp3) is 0.281. The molecule has 37 heavy (non-hydrogen) atoms. The first-order valence-electron chi connectivity index (χ1n) is 12.6. The minimum absolute atomic E-state index is 0.0458. The first-order valence-corrected chi connectivity index (χ1v) is 12.6. The molecule has 0 fully saturated rings. The largest absolute Gasteiger partial charge is 0.493 e. The normalized spacial score (nSPS) is 11.4. The molecular formula is C32H37NO4. The topological polar surface area (TPSA) is 59.0 Å². The minimum atomic E-state index is -0.877. The molecule has 0 amide bonds. The fourth-order valence-electron chi connectivity index (χ4n) is 4.03. The van der Waals surface area contributed by atoms with Crippen molar-refractivity contribution in [3.05, 3.63) is 108 Å². The number of carboxylic acid groups (broad SMARTS) is 1. The number of hydrogen-bond donors (Lipinski definition) is 1. The van der Waals surface area contributed by atoms with Crippen molar-refractivity contribution >= 4 is 5.97 Å². The van der Waals surface area contributed by atoms with Gasteiger partial charge in [-0.2, -0.15) is 0 Å². The minimum Gasteiger partial charge on any atom is -0.493 e. The van der Waals surface area contributed by atoms with Gasteiger partial charge in [0, 0.05) is 24.2 Å². The molecule has 1 N–H and O–H groups in total. The number of nitrogens with zero attached hydrogens (tertiary/aromatic N) is 1. The van der Waals surface area contributed by atoms with Crippen molar-refractivity contribution in [1.82, 2.24) is 4.90 Å². The van der Waals surface area contributed by atoms with Gasteiger partial charge in [-0.15, -0.1) is 0 Å². The average molecular weight is 500 g/mol. The summed E-state index contributed by atoms with van der Waals surface area (Å²) < 4.78 is 12.0. The number of benzene rings is 3. The Labute approximate surface area is 220 Å². The number of ether oxygens (including phenoxy) is 2. The van der Waals surface area contributed by atoms with Gasteiger partial charge < -0.3 is 19.5 Å². The van der Waals surface area contributed by atoms with Crippen molar-refractivity contribution < 1.29 is 19.4 Å². The number of unbranched alkanes of at least 4 members (excludes halogenated alkanes) is 1. The van der Waals surface area contributed by atoms with Crippen LogP contribution in [0.5, 0.6) is 11.5 Å². The number of aliphatic carboxylic acids is 1. The van der Waals surface area contributed by atoms with Crippen molar-refractivity contribution in [1.29, 1.82) is 0 Å². The van der Waals surface area contributed by atoms with Crippen LogP contribution in [0.4, 0.5) is 0 Å². The third-order valence-corrected chi connectivity index (χ3v) is 6.35. The molecule has 5 nitrogen and oxygen atoms in total. The summed E-state index contributed by atoms with van der Waals surface area (Å²) in [6, 6.07) is 22.1. The Morgan fingerprint density at radius 2 is 1.76 bits per heavy atom. The Morgan fingerprint density at radius 1 is 1.05 bits per heavy atom. The summed E-state index contributed by atoms with van der Waals surface area (Å²) >= 11 is 0. The van der Waals surface area contributed by atoms with Crippen molar-refractivity contribution in [3.63, 3.8) is 0 Å². The second kappa shape index (κ2) is 13.4. The predicted octanol–water partition coefficient (Wildman–Crippen LogP) is 7.57. The van der Waals surface area contributed by atoms with Gasteiger partial charge in [0.15, 0.2) is 0 Å². The van der Waals surface area contributed by atoms with Crippen LogP contribution in [0.25, 0.3) is 11.1 Å². The molecule has 3 aromatic rings. The number of carboxylic acids is 1. The quantitative estimate of drug-likeness (QED) is 0.232. The molecule has 0 bridgehead atoms. The van der Waals surface area contributed by atoms with E-state index in [4.69, 9.17) is 9.47 Å². The fourth-order valence-corrected chi connectivity index (χ4v) is 4.03. The lowest BCUT2D eigenvalue weighted by atomic mass is 9.92. The molecule has 0 aromatic heterocycles. The molecular weight excluding hydrogens is 462 g/mol. The molecule has 0 heterocycles. The van der Waals surface area contributed by atoms with E-state index in [1.807, 2.05) is 37.4 Å². The van der Waals surface area contributed by atoms with Crippen LogP contribution in [0.2, 0.25) is 0 Å². The van der Waals surface area contributed by atoms with Crippen molar-refractivity contribution in [3.8, 4) is 22.6 Å². The first-order chi connectivity index (χ1) is 17.8. The second-order valence-electron chi connectivity index (χ2n) is 9.19. The van der Waals surface area contributed by atoms with Crippen LogP contribution in [0.15, 0.2) is 91.8 Å². The maximum absolute atomic E-state index is 11.4. The van der Waals surface area contributed by atoms with Crippen LogP contribution in [0, 0.1) is 6.92 Å². The first kappa shape index (κ1) is 27.6. The molecule has 3 aromatic carbocycles. The standard InChI is InChI=1S/C32H37NO4/c1-6-8-19-36-31-18-9-23(3)20-30(31)27-12-10-25(11-13-27)22-37-28-16-14-26(15-17-28)29(21-32(34)35)24(4)33(5)7-2/h7,9-18,20,29H,2,4,6,8,19,21-22H2,1,3,5H3,(H,34,35)/t29-/m1/s1. The monoisotopic (exact) mass is 499 g/mol. The number of likely N-dealkylation sites (N-methyl/N-ethyl adjacent to an activating group) is 1. The van der Waals surface area contributed by atoms with E-state index in [1.165, 1.54) is 5.56 Å². The van der Waals surface area contributed by atoms with Crippen molar-refractivity contribution in [2.75, 3.05) is 13.7 Å². The van der Waals surface area contributed by atoms with Gasteiger partial charge in [-0.05, 0) is 60.5 Å². The lowest BCUT2D eigenvalue weighted by molar-refractivity contribution is -0.137. The molecule has 5 heteroatoms. The third-order valence-electron chi connectivity index (χ3n) is 6.35. The Bertz CT molecular complexity index is 1200. The van der Waals surface area contributed by atoms with E-state index in [2.05, 4.69) is 63.4 Å². The van der Waals surface area contributed by atoms with E-state index < -0.39 is 5.97 Å². The smallest absolute Gasteiger partial charge is 0.304 e.